The van der Waals surface area contributed by atoms with Gasteiger partial charge in [-0.25, -0.2) is 0 Å². The summed E-state index contributed by atoms with van der Waals surface area (Å²) in [5, 5.41) is 3.48. The van der Waals surface area contributed by atoms with Gasteiger partial charge in [0.15, 0.2) is 0 Å². The van der Waals surface area contributed by atoms with Crippen LogP contribution in [-0.4, -0.2) is 31.0 Å². The summed E-state index contributed by atoms with van der Waals surface area (Å²) in [6.07, 6.45) is 4.41. The SMILES string of the molecule is CSc1cccc(NCC2CCCOC2)c1C(N)=S. The van der Waals surface area contributed by atoms with E-state index in [1.54, 1.807) is 11.8 Å². The van der Waals surface area contributed by atoms with Gasteiger partial charge in [0, 0.05) is 29.3 Å². The van der Waals surface area contributed by atoms with Crippen molar-refractivity contribution in [3.63, 3.8) is 0 Å². The maximum Gasteiger partial charge on any atom is 0.107 e. The second kappa shape index (κ2) is 7.12. The minimum absolute atomic E-state index is 0.451. The molecule has 1 fully saturated rings. The van der Waals surface area contributed by atoms with Crippen molar-refractivity contribution in [3.8, 4) is 0 Å². The Morgan fingerprint density at radius 3 is 3.05 bits per heavy atom. The highest BCUT2D eigenvalue weighted by atomic mass is 32.2. The molecule has 3 nitrogen and oxygen atoms in total. The molecule has 0 aliphatic carbocycles. The van der Waals surface area contributed by atoms with Crippen molar-refractivity contribution in [2.45, 2.75) is 17.7 Å². The van der Waals surface area contributed by atoms with E-state index < -0.39 is 0 Å². The fraction of sp³-hybridized carbons (Fsp3) is 0.500. The molecular weight excluding hydrogens is 276 g/mol. The summed E-state index contributed by atoms with van der Waals surface area (Å²) in [7, 11) is 0. The second-order valence-electron chi connectivity index (χ2n) is 4.71. The largest absolute Gasteiger partial charge is 0.389 e. The molecule has 1 aromatic rings. The summed E-state index contributed by atoms with van der Waals surface area (Å²) in [4.78, 5) is 1.57. The Balaban J connectivity index is 2.08. The van der Waals surface area contributed by atoms with Gasteiger partial charge in [0.25, 0.3) is 0 Å². The number of nitrogens with two attached hydrogens (primary N) is 1. The average molecular weight is 296 g/mol. The van der Waals surface area contributed by atoms with E-state index in [1.807, 2.05) is 24.5 Å². The number of anilines is 1. The van der Waals surface area contributed by atoms with Gasteiger partial charge in [0.1, 0.15) is 4.99 Å². The van der Waals surface area contributed by atoms with E-state index in [0.717, 1.165) is 42.3 Å². The highest BCUT2D eigenvalue weighted by Gasteiger charge is 2.15. The molecule has 0 bridgehead atoms. The van der Waals surface area contributed by atoms with Crippen LogP contribution in [0.4, 0.5) is 5.69 Å². The molecule has 0 radical (unpaired) electrons. The summed E-state index contributed by atoms with van der Waals surface area (Å²) < 4.78 is 5.50. The van der Waals surface area contributed by atoms with Gasteiger partial charge >= 0.3 is 0 Å². The number of thioether (sulfide) groups is 1. The van der Waals surface area contributed by atoms with Gasteiger partial charge in [-0.05, 0) is 37.1 Å². The van der Waals surface area contributed by atoms with Gasteiger partial charge in [0.05, 0.1) is 6.61 Å². The number of hydrogen-bond acceptors (Lipinski definition) is 4. The first kappa shape index (κ1) is 14.6. The van der Waals surface area contributed by atoms with Crippen LogP contribution in [0.2, 0.25) is 0 Å². The summed E-state index contributed by atoms with van der Waals surface area (Å²) >= 11 is 6.84. The zero-order valence-electron chi connectivity index (χ0n) is 11.1. The number of ether oxygens (including phenoxy) is 1. The van der Waals surface area contributed by atoms with E-state index in [0.29, 0.717) is 10.9 Å². The first-order chi connectivity index (χ1) is 9.22. The molecule has 1 unspecified atom stereocenters. The zero-order valence-corrected chi connectivity index (χ0v) is 12.8. The van der Waals surface area contributed by atoms with Crippen molar-refractivity contribution >= 4 is 34.7 Å². The predicted octanol–water partition coefficient (Wildman–Crippen LogP) is 2.88. The van der Waals surface area contributed by atoms with E-state index in [1.165, 1.54) is 6.42 Å². The lowest BCUT2D eigenvalue weighted by atomic mass is 10.0. The normalized spacial score (nSPS) is 19.1. The number of thiocarbonyl (C=S) groups is 1. The number of hydrogen-bond donors (Lipinski definition) is 2. The molecule has 1 heterocycles. The third-order valence-corrected chi connectivity index (χ3v) is 4.31. The fourth-order valence-corrected chi connectivity index (χ4v) is 3.25. The second-order valence-corrected chi connectivity index (χ2v) is 6.00. The minimum atomic E-state index is 0.451. The lowest BCUT2D eigenvalue weighted by Gasteiger charge is -2.23. The molecule has 1 aromatic carbocycles. The summed E-state index contributed by atoms with van der Waals surface area (Å²) in [6, 6.07) is 6.12. The molecule has 19 heavy (non-hydrogen) atoms. The van der Waals surface area contributed by atoms with E-state index in [2.05, 4.69) is 5.32 Å². The summed E-state index contributed by atoms with van der Waals surface area (Å²) in [5.74, 6) is 0.575. The van der Waals surface area contributed by atoms with E-state index in [4.69, 9.17) is 22.7 Å². The van der Waals surface area contributed by atoms with Crippen molar-refractivity contribution in [2.75, 3.05) is 31.3 Å². The molecule has 1 aliphatic heterocycles. The van der Waals surface area contributed by atoms with Crippen LogP contribution in [0, 0.1) is 5.92 Å². The standard InChI is InChI=1S/C14H20N2OS2/c1-19-12-6-2-5-11(13(12)14(15)18)16-8-10-4-3-7-17-9-10/h2,5-6,10,16H,3-4,7-9H2,1H3,(H2,15,18). The molecule has 0 spiro atoms. The molecule has 104 valence electrons. The maximum absolute atomic E-state index is 5.85. The Labute approximate surface area is 124 Å². The lowest BCUT2D eigenvalue weighted by Crippen LogP contribution is -2.25. The Morgan fingerprint density at radius 1 is 1.58 bits per heavy atom. The Bertz CT molecular complexity index is 445. The minimum Gasteiger partial charge on any atom is -0.389 e. The van der Waals surface area contributed by atoms with Gasteiger partial charge in [-0.2, -0.15) is 0 Å². The highest BCUT2D eigenvalue weighted by Crippen LogP contribution is 2.27. The van der Waals surface area contributed by atoms with Crippen LogP contribution in [0.3, 0.4) is 0 Å². The first-order valence-electron chi connectivity index (χ1n) is 6.50. The van der Waals surface area contributed by atoms with Crippen LogP contribution in [-0.2, 0) is 4.74 Å². The van der Waals surface area contributed by atoms with Crippen LogP contribution in [0.5, 0.6) is 0 Å². The molecule has 5 heteroatoms. The number of benzene rings is 1. The smallest absolute Gasteiger partial charge is 0.107 e. The van der Waals surface area contributed by atoms with Gasteiger partial charge in [-0.1, -0.05) is 18.3 Å². The van der Waals surface area contributed by atoms with Crippen LogP contribution >= 0.6 is 24.0 Å². The lowest BCUT2D eigenvalue weighted by molar-refractivity contribution is 0.0595. The van der Waals surface area contributed by atoms with Gasteiger partial charge in [0.2, 0.25) is 0 Å². The quantitative estimate of drug-likeness (QED) is 0.646. The van der Waals surface area contributed by atoms with Crippen molar-refractivity contribution < 1.29 is 4.74 Å². The molecule has 1 atom stereocenters. The van der Waals surface area contributed by atoms with Crippen LogP contribution in [0.1, 0.15) is 18.4 Å². The molecule has 0 saturated carbocycles. The third kappa shape index (κ3) is 3.84. The van der Waals surface area contributed by atoms with Crippen molar-refractivity contribution in [1.29, 1.82) is 0 Å². The topological polar surface area (TPSA) is 47.3 Å². The van der Waals surface area contributed by atoms with E-state index >= 15 is 0 Å². The molecule has 1 aliphatic rings. The zero-order chi connectivity index (χ0) is 13.7. The Hall–Kier alpha value is -0.780. The first-order valence-corrected chi connectivity index (χ1v) is 8.14. The third-order valence-electron chi connectivity index (χ3n) is 3.33. The summed E-state index contributed by atoms with van der Waals surface area (Å²) in [5.41, 5.74) is 7.85. The fourth-order valence-electron chi connectivity index (χ4n) is 2.33. The summed E-state index contributed by atoms with van der Waals surface area (Å²) in [6.45, 7) is 2.65. The Morgan fingerprint density at radius 2 is 2.42 bits per heavy atom. The van der Waals surface area contributed by atoms with Gasteiger partial charge in [-0.3, -0.25) is 0 Å². The Kier molecular flexibility index (Phi) is 5.48. The van der Waals surface area contributed by atoms with Crippen molar-refractivity contribution in [3.05, 3.63) is 23.8 Å². The monoisotopic (exact) mass is 296 g/mol. The number of nitrogens with one attached hydrogen (secondary N) is 1. The van der Waals surface area contributed by atoms with Crippen LogP contribution < -0.4 is 11.1 Å². The average Bonchev–Trinajstić information content (AvgIpc) is 2.45. The molecule has 2 rings (SSSR count). The molecule has 0 aromatic heterocycles. The highest BCUT2D eigenvalue weighted by molar-refractivity contribution is 7.98. The van der Waals surface area contributed by atoms with E-state index in [-0.39, 0.29) is 0 Å². The molecular formula is C14H20N2OS2. The van der Waals surface area contributed by atoms with E-state index in [9.17, 15) is 0 Å². The molecule has 0 amide bonds. The number of rotatable bonds is 5. The van der Waals surface area contributed by atoms with Crippen molar-refractivity contribution in [1.82, 2.24) is 0 Å². The predicted molar refractivity (Wildman–Crippen MR) is 86.1 cm³/mol. The maximum atomic E-state index is 5.85. The van der Waals surface area contributed by atoms with Gasteiger partial charge in [-0.15, -0.1) is 11.8 Å². The molecule has 1 saturated heterocycles. The van der Waals surface area contributed by atoms with Crippen molar-refractivity contribution in [2.24, 2.45) is 11.7 Å². The van der Waals surface area contributed by atoms with Crippen LogP contribution in [0.15, 0.2) is 23.1 Å². The van der Waals surface area contributed by atoms with Gasteiger partial charge < -0.3 is 15.8 Å². The van der Waals surface area contributed by atoms with Crippen LogP contribution in [0.25, 0.3) is 0 Å². The molecule has 3 N–H and O–H groups in total.